The van der Waals surface area contributed by atoms with Crippen LogP contribution in [0.2, 0.25) is 0 Å². The molecule has 0 aliphatic carbocycles. The van der Waals surface area contributed by atoms with Gasteiger partial charge in [0.05, 0.1) is 32.5 Å². The van der Waals surface area contributed by atoms with E-state index in [0.29, 0.717) is 23.6 Å². The van der Waals surface area contributed by atoms with Gasteiger partial charge in [0.25, 0.3) is 0 Å². The first-order chi connectivity index (χ1) is 13.5. The molecule has 0 unspecified atom stereocenters. The molecule has 1 heterocycles. The minimum atomic E-state index is -0.210. The number of aromatic nitrogens is 3. The zero-order chi connectivity index (χ0) is 20.1. The Morgan fingerprint density at radius 2 is 1.82 bits per heavy atom. The quantitative estimate of drug-likeness (QED) is 0.560. The van der Waals surface area contributed by atoms with E-state index in [-0.39, 0.29) is 5.78 Å². The fraction of sp³-hybridized carbons (Fsp3) is 0.286. The van der Waals surface area contributed by atoms with E-state index in [4.69, 9.17) is 9.47 Å². The number of anilines is 1. The van der Waals surface area contributed by atoms with Gasteiger partial charge in [-0.15, -0.1) is 5.10 Å². The first kappa shape index (κ1) is 19.4. The largest absolute Gasteiger partial charge is 0.497 e. The Morgan fingerprint density at radius 1 is 1.07 bits per heavy atom. The highest BCUT2D eigenvalue weighted by Crippen LogP contribution is 2.26. The van der Waals surface area contributed by atoms with E-state index in [1.165, 1.54) is 11.0 Å². The summed E-state index contributed by atoms with van der Waals surface area (Å²) in [6, 6.07) is 13.3. The molecule has 0 N–H and O–H groups in total. The minimum Gasteiger partial charge on any atom is -0.497 e. The van der Waals surface area contributed by atoms with Crippen molar-refractivity contribution in [3.63, 3.8) is 0 Å². The van der Waals surface area contributed by atoms with Crippen molar-refractivity contribution >= 4 is 11.5 Å². The maximum atomic E-state index is 12.8. The van der Waals surface area contributed by atoms with Crippen molar-refractivity contribution < 1.29 is 14.3 Å². The van der Waals surface area contributed by atoms with Crippen LogP contribution in [0.1, 0.15) is 21.6 Å². The SMILES string of the molecule is COc1ccc(CCn2ncc(C(=O)c3ccc(N(C)C)cc3OC)n2)cc1. The lowest BCUT2D eigenvalue weighted by molar-refractivity contribution is 0.103. The molecule has 0 saturated heterocycles. The summed E-state index contributed by atoms with van der Waals surface area (Å²) < 4.78 is 10.6. The van der Waals surface area contributed by atoms with Crippen LogP contribution in [-0.4, -0.2) is 49.1 Å². The molecule has 146 valence electrons. The summed E-state index contributed by atoms with van der Waals surface area (Å²) in [5.41, 5.74) is 2.87. The molecule has 2 aromatic carbocycles. The number of ether oxygens (including phenoxy) is 2. The standard InChI is InChI=1S/C21H24N4O3/c1-24(2)16-7-10-18(20(13-16)28-4)21(26)19-14-22-25(23-19)12-11-15-5-8-17(27-3)9-6-15/h5-10,13-14H,11-12H2,1-4H3. The zero-order valence-corrected chi connectivity index (χ0v) is 16.5. The van der Waals surface area contributed by atoms with Crippen LogP contribution in [0.3, 0.4) is 0 Å². The van der Waals surface area contributed by atoms with E-state index in [1.54, 1.807) is 20.3 Å². The Balaban J connectivity index is 1.71. The molecule has 0 bridgehead atoms. The molecular weight excluding hydrogens is 356 g/mol. The number of rotatable bonds is 8. The van der Waals surface area contributed by atoms with E-state index >= 15 is 0 Å². The fourth-order valence-corrected chi connectivity index (χ4v) is 2.81. The van der Waals surface area contributed by atoms with Gasteiger partial charge in [0, 0.05) is 25.8 Å². The van der Waals surface area contributed by atoms with Crippen molar-refractivity contribution in [3.8, 4) is 11.5 Å². The zero-order valence-electron chi connectivity index (χ0n) is 16.5. The number of hydrogen-bond acceptors (Lipinski definition) is 6. The van der Waals surface area contributed by atoms with Crippen LogP contribution in [0.15, 0.2) is 48.7 Å². The highest BCUT2D eigenvalue weighted by atomic mass is 16.5. The second-order valence-corrected chi connectivity index (χ2v) is 6.53. The van der Waals surface area contributed by atoms with E-state index in [2.05, 4.69) is 10.2 Å². The first-order valence-corrected chi connectivity index (χ1v) is 8.95. The molecule has 3 aromatic rings. The van der Waals surface area contributed by atoms with Gasteiger partial charge in [-0.25, -0.2) is 0 Å². The molecule has 28 heavy (non-hydrogen) atoms. The number of methoxy groups -OCH3 is 2. The van der Waals surface area contributed by atoms with E-state index in [1.807, 2.05) is 55.4 Å². The number of carbonyl (C=O) groups is 1. The van der Waals surface area contributed by atoms with Crippen LogP contribution >= 0.6 is 0 Å². The maximum absolute atomic E-state index is 12.8. The lowest BCUT2D eigenvalue weighted by atomic mass is 10.1. The highest BCUT2D eigenvalue weighted by molar-refractivity contribution is 6.09. The minimum absolute atomic E-state index is 0.210. The summed E-state index contributed by atoms with van der Waals surface area (Å²) in [5, 5.41) is 8.56. The topological polar surface area (TPSA) is 69.5 Å². The van der Waals surface area contributed by atoms with Crippen molar-refractivity contribution in [2.75, 3.05) is 33.2 Å². The Hall–Kier alpha value is -3.35. The normalized spacial score (nSPS) is 10.6. The smallest absolute Gasteiger partial charge is 0.218 e. The summed E-state index contributed by atoms with van der Waals surface area (Å²) in [6.45, 7) is 0.580. The van der Waals surface area contributed by atoms with Crippen molar-refractivity contribution in [1.29, 1.82) is 0 Å². The molecule has 0 radical (unpaired) electrons. The molecule has 0 atom stereocenters. The predicted octanol–water partition coefficient (Wildman–Crippen LogP) is 2.84. The van der Waals surface area contributed by atoms with Crippen molar-refractivity contribution in [2.24, 2.45) is 0 Å². The molecular formula is C21H24N4O3. The molecule has 0 amide bonds. The maximum Gasteiger partial charge on any atom is 0.218 e. The van der Waals surface area contributed by atoms with Gasteiger partial charge >= 0.3 is 0 Å². The fourth-order valence-electron chi connectivity index (χ4n) is 2.81. The lowest BCUT2D eigenvalue weighted by Crippen LogP contribution is -2.11. The third kappa shape index (κ3) is 4.31. The van der Waals surface area contributed by atoms with Gasteiger partial charge < -0.3 is 14.4 Å². The van der Waals surface area contributed by atoms with Gasteiger partial charge in [-0.3, -0.25) is 4.79 Å². The number of carbonyl (C=O) groups excluding carboxylic acids is 1. The molecule has 7 heteroatoms. The van der Waals surface area contributed by atoms with Gasteiger partial charge in [0.2, 0.25) is 5.78 Å². The average molecular weight is 380 g/mol. The van der Waals surface area contributed by atoms with Crippen molar-refractivity contribution in [3.05, 3.63) is 65.5 Å². The summed E-state index contributed by atoms with van der Waals surface area (Å²) in [7, 11) is 7.07. The van der Waals surface area contributed by atoms with Crippen LogP contribution < -0.4 is 14.4 Å². The number of ketones is 1. The monoisotopic (exact) mass is 380 g/mol. The third-order valence-corrected chi connectivity index (χ3v) is 4.47. The van der Waals surface area contributed by atoms with Gasteiger partial charge in [-0.05, 0) is 36.2 Å². The first-order valence-electron chi connectivity index (χ1n) is 8.95. The molecule has 0 spiro atoms. The highest BCUT2D eigenvalue weighted by Gasteiger charge is 2.18. The number of benzene rings is 2. The second kappa shape index (κ2) is 8.56. The van der Waals surface area contributed by atoms with Crippen LogP contribution in [0, 0.1) is 0 Å². The summed E-state index contributed by atoms with van der Waals surface area (Å²) >= 11 is 0. The Labute approximate surface area is 164 Å². The van der Waals surface area contributed by atoms with Gasteiger partial charge in [0.1, 0.15) is 11.5 Å². The second-order valence-electron chi connectivity index (χ2n) is 6.53. The molecule has 1 aromatic heterocycles. The Morgan fingerprint density at radius 3 is 2.46 bits per heavy atom. The van der Waals surface area contributed by atoms with Gasteiger partial charge in [-0.1, -0.05) is 12.1 Å². The van der Waals surface area contributed by atoms with E-state index < -0.39 is 0 Å². The predicted molar refractivity (Wildman–Crippen MR) is 107 cm³/mol. The molecule has 7 nitrogen and oxygen atoms in total. The van der Waals surface area contributed by atoms with E-state index in [9.17, 15) is 4.79 Å². The van der Waals surface area contributed by atoms with Crippen LogP contribution in [0.25, 0.3) is 0 Å². The number of hydrogen-bond donors (Lipinski definition) is 0. The van der Waals surface area contributed by atoms with E-state index in [0.717, 1.165) is 23.4 Å². The summed E-state index contributed by atoms with van der Waals surface area (Å²) in [6.07, 6.45) is 2.25. The Kier molecular flexibility index (Phi) is 5.93. The Bertz CT molecular complexity index is 949. The van der Waals surface area contributed by atoms with Crippen LogP contribution in [0.5, 0.6) is 11.5 Å². The number of aryl methyl sites for hydroxylation is 2. The van der Waals surface area contributed by atoms with Gasteiger partial charge in [0.15, 0.2) is 5.69 Å². The molecule has 0 aliphatic heterocycles. The van der Waals surface area contributed by atoms with Gasteiger partial charge in [-0.2, -0.15) is 9.90 Å². The number of nitrogens with zero attached hydrogens (tertiary/aromatic N) is 4. The molecule has 3 rings (SSSR count). The third-order valence-electron chi connectivity index (χ3n) is 4.47. The summed E-state index contributed by atoms with van der Waals surface area (Å²) in [4.78, 5) is 16.3. The summed E-state index contributed by atoms with van der Waals surface area (Å²) in [5.74, 6) is 1.13. The van der Waals surface area contributed by atoms with Crippen LogP contribution in [0.4, 0.5) is 5.69 Å². The molecule has 0 saturated carbocycles. The average Bonchev–Trinajstić information content (AvgIpc) is 3.20. The van der Waals surface area contributed by atoms with Crippen LogP contribution in [-0.2, 0) is 13.0 Å². The van der Waals surface area contributed by atoms with Crippen molar-refractivity contribution in [1.82, 2.24) is 15.0 Å². The van der Waals surface area contributed by atoms with Crippen molar-refractivity contribution in [2.45, 2.75) is 13.0 Å². The molecule has 0 aliphatic rings. The molecule has 0 fully saturated rings. The lowest BCUT2D eigenvalue weighted by Gasteiger charge is -2.15.